The zero-order chi connectivity index (χ0) is 15.2. The van der Waals surface area contributed by atoms with Crippen molar-refractivity contribution in [3.05, 3.63) is 12.1 Å². The standard InChI is InChI=1S/C13H21O6P/c1-6-18-20(14,19-7-2)13-9-11(16-4)10(15-3)8-12(13)17-5/h8-9H,6-7H2,1-5H3. The van der Waals surface area contributed by atoms with Crippen molar-refractivity contribution in [2.75, 3.05) is 34.5 Å². The molecule has 0 bridgehead atoms. The summed E-state index contributed by atoms with van der Waals surface area (Å²) in [6.07, 6.45) is 0. The largest absolute Gasteiger partial charge is 0.496 e. The van der Waals surface area contributed by atoms with Crippen LogP contribution in [0.1, 0.15) is 13.8 Å². The molecule has 0 spiro atoms. The van der Waals surface area contributed by atoms with E-state index in [-0.39, 0.29) is 13.2 Å². The Morgan fingerprint density at radius 3 is 1.70 bits per heavy atom. The molecule has 7 heteroatoms. The van der Waals surface area contributed by atoms with Gasteiger partial charge in [-0.05, 0) is 13.8 Å². The van der Waals surface area contributed by atoms with Crippen molar-refractivity contribution in [2.24, 2.45) is 0 Å². The first-order valence-corrected chi connectivity index (χ1v) is 7.80. The van der Waals surface area contributed by atoms with Gasteiger partial charge in [0.1, 0.15) is 11.1 Å². The summed E-state index contributed by atoms with van der Waals surface area (Å²) in [6.45, 7) is 4.02. The van der Waals surface area contributed by atoms with Gasteiger partial charge in [0.15, 0.2) is 11.5 Å². The van der Waals surface area contributed by atoms with Gasteiger partial charge < -0.3 is 23.3 Å². The van der Waals surface area contributed by atoms with E-state index in [2.05, 4.69) is 0 Å². The fourth-order valence-corrected chi connectivity index (χ4v) is 3.48. The lowest BCUT2D eigenvalue weighted by Gasteiger charge is -2.21. The Hall–Kier alpha value is -1.23. The van der Waals surface area contributed by atoms with Gasteiger partial charge in [-0.25, -0.2) is 0 Å². The monoisotopic (exact) mass is 304 g/mol. The van der Waals surface area contributed by atoms with E-state index in [9.17, 15) is 4.57 Å². The minimum Gasteiger partial charge on any atom is -0.496 e. The quantitative estimate of drug-likeness (QED) is 0.688. The third-order valence-corrected chi connectivity index (χ3v) is 4.71. The second-order valence-corrected chi connectivity index (χ2v) is 5.71. The summed E-state index contributed by atoms with van der Waals surface area (Å²) >= 11 is 0. The number of hydrogen-bond donors (Lipinski definition) is 0. The van der Waals surface area contributed by atoms with Crippen molar-refractivity contribution in [1.29, 1.82) is 0 Å². The highest BCUT2D eigenvalue weighted by atomic mass is 31.2. The van der Waals surface area contributed by atoms with E-state index in [1.165, 1.54) is 21.3 Å². The van der Waals surface area contributed by atoms with E-state index < -0.39 is 7.60 Å². The lowest BCUT2D eigenvalue weighted by atomic mass is 10.3. The van der Waals surface area contributed by atoms with Crippen LogP contribution in [0.25, 0.3) is 0 Å². The zero-order valence-corrected chi connectivity index (χ0v) is 13.4. The maximum atomic E-state index is 12.8. The highest BCUT2D eigenvalue weighted by Crippen LogP contribution is 2.51. The topological polar surface area (TPSA) is 63.2 Å². The van der Waals surface area contributed by atoms with Crippen LogP contribution in [0.15, 0.2) is 12.1 Å². The van der Waals surface area contributed by atoms with Crippen molar-refractivity contribution >= 4 is 12.9 Å². The van der Waals surface area contributed by atoms with Gasteiger partial charge in [-0.15, -0.1) is 0 Å². The van der Waals surface area contributed by atoms with E-state index in [1.54, 1.807) is 26.0 Å². The van der Waals surface area contributed by atoms with Crippen molar-refractivity contribution in [3.63, 3.8) is 0 Å². The van der Waals surface area contributed by atoms with Crippen molar-refractivity contribution < 1.29 is 27.8 Å². The molecule has 0 atom stereocenters. The first-order chi connectivity index (χ1) is 9.56. The Bertz CT molecular complexity index is 478. The van der Waals surface area contributed by atoms with E-state index in [0.717, 1.165) is 0 Å². The lowest BCUT2D eigenvalue weighted by molar-refractivity contribution is 0.229. The van der Waals surface area contributed by atoms with E-state index in [4.69, 9.17) is 23.3 Å². The van der Waals surface area contributed by atoms with Crippen LogP contribution < -0.4 is 19.5 Å². The molecule has 1 rings (SSSR count). The molecule has 114 valence electrons. The van der Waals surface area contributed by atoms with Gasteiger partial charge >= 0.3 is 7.60 Å². The second kappa shape index (κ2) is 7.53. The predicted octanol–water partition coefficient (Wildman–Crippen LogP) is 2.60. The van der Waals surface area contributed by atoms with Crippen molar-refractivity contribution in [2.45, 2.75) is 13.8 Å². The zero-order valence-electron chi connectivity index (χ0n) is 12.5. The molecule has 0 aliphatic carbocycles. The molecule has 0 heterocycles. The number of ether oxygens (including phenoxy) is 3. The Balaban J connectivity index is 3.43. The minimum atomic E-state index is -3.46. The highest BCUT2D eigenvalue weighted by molar-refractivity contribution is 7.62. The highest BCUT2D eigenvalue weighted by Gasteiger charge is 2.32. The van der Waals surface area contributed by atoms with E-state index >= 15 is 0 Å². The van der Waals surface area contributed by atoms with Gasteiger partial charge in [-0.1, -0.05) is 0 Å². The Morgan fingerprint density at radius 1 is 0.850 bits per heavy atom. The summed E-state index contributed by atoms with van der Waals surface area (Å²) in [7, 11) is 1.04. The number of benzene rings is 1. The van der Waals surface area contributed by atoms with Crippen LogP contribution in [-0.4, -0.2) is 34.5 Å². The molecule has 0 fully saturated rings. The molecule has 0 aliphatic rings. The normalized spacial score (nSPS) is 11.2. The number of methoxy groups -OCH3 is 3. The molecule has 0 N–H and O–H groups in total. The fraction of sp³-hybridized carbons (Fsp3) is 0.538. The molecule has 0 saturated heterocycles. The molecular formula is C13H21O6P. The Labute approximate surface area is 119 Å². The molecule has 0 amide bonds. The summed E-state index contributed by atoms with van der Waals surface area (Å²) in [4.78, 5) is 0. The second-order valence-electron chi connectivity index (χ2n) is 3.71. The van der Waals surface area contributed by atoms with Gasteiger partial charge in [0.05, 0.1) is 34.5 Å². The SMILES string of the molecule is CCOP(=O)(OCC)c1cc(OC)c(OC)cc1OC. The Kier molecular flexibility index (Phi) is 6.33. The van der Waals surface area contributed by atoms with Gasteiger partial charge in [0.25, 0.3) is 0 Å². The summed E-state index contributed by atoms with van der Waals surface area (Å²) in [6, 6.07) is 3.16. The van der Waals surface area contributed by atoms with Crippen LogP contribution in [0, 0.1) is 0 Å². The molecule has 0 aromatic heterocycles. The third kappa shape index (κ3) is 3.45. The van der Waals surface area contributed by atoms with Gasteiger partial charge in [-0.3, -0.25) is 4.57 Å². The van der Waals surface area contributed by atoms with Crippen LogP contribution in [-0.2, 0) is 13.6 Å². The minimum absolute atomic E-state index is 0.259. The molecule has 0 radical (unpaired) electrons. The first kappa shape index (κ1) is 16.8. The maximum Gasteiger partial charge on any atom is 0.365 e. The van der Waals surface area contributed by atoms with Gasteiger partial charge in [0.2, 0.25) is 0 Å². The van der Waals surface area contributed by atoms with Crippen LogP contribution in [0.5, 0.6) is 17.2 Å². The number of rotatable bonds is 8. The van der Waals surface area contributed by atoms with Crippen molar-refractivity contribution in [3.8, 4) is 17.2 Å². The molecule has 6 nitrogen and oxygen atoms in total. The molecule has 0 unspecified atom stereocenters. The molecular weight excluding hydrogens is 283 g/mol. The average molecular weight is 304 g/mol. The lowest BCUT2D eigenvalue weighted by Crippen LogP contribution is -2.14. The van der Waals surface area contributed by atoms with Crippen LogP contribution in [0.2, 0.25) is 0 Å². The average Bonchev–Trinajstić information content (AvgIpc) is 2.46. The first-order valence-electron chi connectivity index (χ1n) is 6.25. The smallest absolute Gasteiger partial charge is 0.365 e. The van der Waals surface area contributed by atoms with Crippen LogP contribution >= 0.6 is 7.60 Å². The fourth-order valence-electron chi connectivity index (χ4n) is 1.74. The van der Waals surface area contributed by atoms with Gasteiger partial charge in [-0.2, -0.15) is 0 Å². The summed E-state index contributed by atoms with van der Waals surface area (Å²) in [5, 5.41) is 0.321. The summed E-state index contributed by atoms with van der Waals surface area (Å²) < 4.78 is 39.2. The maximum absolute atomic E-state index is 12.8. The predicted molar refractivity (Wildman–Crippen MR) is 76.6 cm³/mol. The van der Waals surface area contributed by atoms with Gasteiger partial charge in [0, 0.05) is 12.1 Å². The summed E-state index contributed by atoms with van der Waals surface area (Å²) in [5.74, 6) is 1.28. The third-order valence-electron chi connectivity index (χ3n) is 2.58. The van der Waals surface area contributed by atoms with Crippen molar-refractivity contribution in [1.82, 2.24) is 0 Å². The summed E-state index contributed by atoms with van der Waals surface area (Å²) in [5.41, 5.74) is 0. The molecule has 0 aliphatic heterocycles. The van der Waals surface area contributed by atoms with E-state index in [1.807, 2.05) is 0 Å². The molecule has 1 aromatic rings. The van der Waals surface area contributed by atoms with E-state index in [0.29, 0.717) is 22.6 Å². The molecule has 0 saturated carbocycles. The molecule has 1 aromatic carbocycles. The number of hydrogen-bond acceptors (Lipinski definition) is 6. The molecule has 20 heavy (non-hydrogen) atoms. The Morgan fingerprint density at radius 2 is 1.30 bits per heavy atom. The van der Waals surface area contributed by atoms with Crippen LogP contribution in [0.4, 0.5) is 0 Å². The van der Waals surface area contributed by atoms with Crippen LogP contribution in [0.3, 0.4) is 0 Å².